The molecule has 0 amide bonds. The minimum Gasteiger partial charge on any atom is -0.508 e. The van der Waals surface area contributed by atoms with Crippen molar-refractivity contribution in [3.8, 4) is 17.2 Å². The molecule has 0 heterocycles. The molecule has 0 spiro atoms. The number of carbonyl (C=O) groups excluding carboxylic acids is 6. The van der Waals surface area contributed by atoms with E-state index in [0.29, 0.717) is 262 Å². The van der Waals surface area contributed by atoms with Crippen LogP contribution in [0.25, 0.3) is 0 Å². The molecule has 0 aliphatic heterocycles. The monoisotopic (exact) mass is 2010 g/mol. The highest BCUT2D eigenvalue weighted by atomic mass is 79.9. The highest BCUT2D eigenvalue weighted by Crippen LogP contribution is 2.23. The number of phenolic OH excluding ortho intramolecular Hbond substituents is 1. The van der Waals surface area contributed by atoms with Gasteiger partial charge < -0.3 is 148 Å². The van der Waals surface area contributed by atoms with Crippen molar-refractivity contribution in [1.82, 2.24) is 0 Å². The number of allylic oxidation sites excluding steroid dienone is 1. The van der Waals surface area contributed by atoms with Crippen molar-refractivity contribution in [2.45, 2.75) is 31.6 Å². The second kappa shape index (κ2) is 98.6. The standard InChI is InChI=1S/C28H38O12S.C21H30O9.C12H24O4.C11H22O5.C10H10O5.C8H18O5.C3H5Br/c1-22-5-8-24(9-6-22)41(31,32)40-12-4-11-35-13-14-36-15-16-37-17-18-38-19-20-39-23-7-10-25(27(29)33-2)26(21-23)28(30)34-3;1-4-7-26-8-9-27-10-11-28-12-13-29-14-15-30-17-5-6-18(20(22)24-2)19(16-17)21(23)25-3;1-3-5-13-7-9-15-11-12-16-10-8-14-6-4-2;1-2-4-13-6-8-15-10-11-16-9-7-14-5-3-12;1-14-9(12)7-4-3-6(11)5-8(7)10(13)15-2;9-1-3-11-5-7-13-8-6-12-4-2-10;1-2-3-4/h5-10,21H,4,11-20H2,1-3H3;4-6,16H,1,7-15H2,2-3H3;3H,1,4-12H2,2H3;2,12H,1,3-11H2;3-5,11H,1-2H3;9-10H,1-8H2;2H,1,3H2. The lowest BCUT2D eigenvalue weighted by molar-refractivity contribution is -0.00533. The van der Waals surface area contributed by atoms with E-state index in [1.165, 1.54) is 91.2 Å². The summed E-state index contributed by atoms with van der Waals surface area (Å²) in [4.78, 5) is 70.0. The smallest absolute Gasteiger partial charge is 0.338 e. The molecule has 135 heavy (non-hydrogen) atoms. The van der Waals surface area contributed by atoms with Gasteiger partial charge in [-0.05, 0) is 86.5 Å². The number of phenols is 1. The molecule has 0 bridgehead atoms. The average Bonchev–Trinajstić information content (AvgIpc) is 0.837. The number of esters is 6. The number of methoxy groups -OCH3 is 6. The van der Waals surface area contributed by atoms with Gasteiger partial charge in [0, 0.05) is 18.5 Å². The van der Waals surface area contributed by atoms with Crippen molar-refractivity contribution in [1.29, 1.82) is 0 Å². The Morgan fingerprint density at radius 3 is 0.800 bits per heavy atom. The van der Waals surface area contributed by atoms with Gasteiger partial charge in [0.15, 0.2) is 0 Å². The van der Waals surface area contributed by atoms with Crippen LogP contribution in [0.2, 0.25) is 0 Å². The first-order valence-corrected chi connectivity index (χ1v) is 45.8. The third-order valence-corrected chi connectivity index (χ3v) is 17.3. The molecular weight excluding hydrogens is 1870 g/mol. The maximum absolute atomic E-state index is 12.1. The molecular formula is C93H147BrO40S. The number of hydrogen-bond acceptors (Lipinski definition) is 40. The van der Waals surface area contributed by atoms with Crippen LogP contribution in [-0.4, -0.2) is 403 Å². The van der Waals surface area contributed by atoms with E-state index >= 15 is 0 Å². The number of hydrogen-bond donors (Lipinski definition) is 4. The fourth-order valence-corrected chi connectivity index (χ4v) is 10.1. The maximum Gasteiger partial charge on any atom is 0.338 e. The zero-order valence-electron chi connectivity index (χ0n) is 79.6. The quantitative estimate of drug-likeness (QED) is 0.00808. The summed E-state index contributed by atoms with van der Waals surface area (Å²) < 4.78 is 168. The number of halogens is 1. The fourth-order valence-electron chi connectivity index (χ4n) is 9.12. The summed E-state index contributed by atoms with van der Waals surface area (Å²) in [6, 6.07) is 19.1. The molecule has 0 atom stereocenters. The Hall–Kier alpha value is -8.43. The van der Waals surface area contributed by atoms with E-state index in [4.69, 9.17) is 128 Å². The summed E-state index contributed by atoms with van der Waals surface area (Å²) in [6.07, 6.45) is 8.40. The van der Waals surface area contributed by atoms with Crippen LogP contribution in [0, 0.1) is 6.92 Å². The number of benzene rings is 4. The van der Waals surface area contributed by atoms with Gasteiger partial charge in [-0.1, -0.05) is 64.9 Å². The van der Waals surface area contributed by atoms with E-state index in [9.17, 15) is 42.3 Å². The van der Waals surface area contributed by atoms with Crippen molar-refractivity contribution in [3.63, 3.8) is 0 Å². The molecule has 0 aliphatic rings. The van der Waals surface area contributed by atoms with E-state index in [1.54, 1.807) is 48.6 Å². The van der Waals surface area contributed by atoms with Crippen molar-refractivity contribution in [2.24, 2.45) is 0 Å². The molecule has 4 N–H and O–H groups in total. The van der Waals surface area contributed by atoms with Gasteiger partial charge in [0.1, 0.15) is 30.5 Å². The first kappa shape index (κ1) is 131. The summed E-state index contributed by atoms with van der Waals surface area (Å²) in [7, 11) is 3.56. The number of aryl methyl sites for hydroxylation is 1. The minimum absolute atomic E-state index is 0.0237. The van der Waals surface area contributed by atoms with Crippen LogP contribution in [0.1, 0.15) is 87.5 Å². The largest absolute Gasteiger partial charge is 0.508 e. The highest BCUT2D eigenvalue weighted by Gasteiger charge is 2.23. The maximum atomic E-state index is 12.1. The number of carbonyl (C=O) groups is 6. The molecule has 40 nitrogen and oxygen atoms in total. The van der Waals surface area contributed by atoms with Gasteiger partial charge in [0.05, 0.1) is 345 Å². The van der Waals surface area contributed by atoms with Gasteiger partial charge in [0.25, 0.3) is 10.1 Å². The lowest BCUT2D eigenvalue weighted by Gasteiger charge is -2.11. The summed E-state index contributed by atoms with van der Waals surface area (Å²) >= 11 is 3.13. The molecule has 0 aliphatic carbocycles. The zero-order valence-corrected chi connectivity index (χ0v) is 82.1. The van der Waals surface area contributed by atoms with Gasteiger partial charge >= 0.3 is 35.8 Å². The number of ether oxygens (including phenoxy) is 27. The zero-order chi connectivity index (χ0) is 100. The summed E-state index contributed by atoms with van der Waals surface area (Å²) in [6.45, 7) is 37.4. The van der Waals surface area contributed by atoms with E-state index in [0.717, 1.165) is 30.0 Å². The van der Waals surface area contributed by atoms with Crippen LogP contribution in [0.15, 0.2) is 134 Å². The number of aliphatic hydroxyl groups excluding tert-OH is 3. The van der Waals surface area contributed by atoms with Crippen LogP contribution in [0.5, 0.6) is 17.2 Å². The molecule has 0 saturated carbocycles. The molecule has 0 radical (unpaired) electrons. The lowest BCUT2D eigenvalue weighted by atomic mass is 10.1. The van der Waals surface area contributed by atoms with Gasteiger partial charge in [-0.3, -0.25) is 4.18 Å². The van der Waals surface area contributed by atoms with E-state index in [2.05, 4.69) is 68.1 Å². The Balaban J connectivity index is -0.00000162. The van der Waals surface area contributed by atoms with Crippen LogP contribution >= 0.6 is 15.9 Å². The second-order valence-corrected chi connectivity index (χ2v) is 28.0. The van der Waals surface area contributed by atoms with Crippen molar-refractivity contribution < 1.29 is 190 Å². The van der Waals surface area contributed by atoms with Gasteiger partial charge in [0.2, 0.25) is 0 Å². The third kappa shape index (κ3) is 78.2. The molecule has 4 aromatic rings. The molecule has 4 rings (SSSR count). The molecule has 42 heteroatoms. The number of aliphatic hydroxyl groups is 3. The van der Waals surface area contributed by atoms with Crippen LogP contribution in [-0.2, 0) is 133 Å². The van der Waals surface area contributed by atoms with Gasteiger partial charge in [-0.2, -0.15) is 8.42 Å². The molecule has 4 aromatic carbocycles. The normalized spacial score (nSPS) is 10.5. The Bertz CT molecular complexity index is 3630. The average molecular weight is 2020 g/mol. The number of alkyl halides is 1. The molecule has 772 valence electrons. The van der Waals surface area contributed by atoms with Crippen LogP contribution < -0.4 is 9.47 Å². The molecule has 0 aromatic heterocycles. The predicted octanol–water partition coefficient (Wildman–Crippen LogP) is 8.13. The number of rotatable bonds is 77. The van der Waals surface area contributed by atoms with E-state index < -0.39 is 45.9 Å². The Morgan fingerprint density at radius 1 is 0.304 bits per heavy atom. The topological polar surface area (TPSA) is 476 Å². The Labute approximate surface area is 803 Å². The van der Waals surface area contributed by atoms with Gasteiger partial charge in [-0.25, -0.2) is 28.8 Å². The van der Waals surface area contributed by atoms with Crippen LogP contribution in [0.4, 0.5) is 0 Å². The highest BCUT2D eigenvalue weighted by molar-refractivity contribution is 9.09. The third-order valence-electron chi connectivity index (χ3n) is 15.5. The first-order chi connectivity index (χ1) is 65.7. The van der Waals surface area contributed by atoms with Crippen molar-refractivity contribution in [2.75, 3.05) is 339 Å². The van der Waals surface area contributed by atoms with Gasteiger partial charge in [-0.15, -0.1) is 26.3 Å². The van der Waals surface area contributed by atoms with Crippen molar-refractivity contribution in [3.05, 3.63) is 168 Å². The minimum atomic E-state index is -3.75. The Kier molecular flexibility index (Phi) is 95.5. The number of aromatic hydroxyl groups is 1. The summed E-state index contributed by atoms with van der Waals surface area (Å²) in [5.41, 5.74) is 1.33. The SMILES string of the molecule is C=CCBr.C=CCOCCOCCOCCOCCC.C=CCOCCOCCOCCOCCO.C=CCOCCOCCOCCOCCOc1ccc(C(=O)OC)c(C(=O)OC)c1.COC(=O)c1ccc(O)cc1C(=O)OC.COC(=O)c1ccc(OCCOCCOCCOCCOCCCOS(=O)(=O)c2ccc(C)cc2)cc1C(=O)OC.OCCOCCOCCOCCO. The Morgan fingerprint density at radius 2 is 0.541 bits per heavy atom. The van der Waals surface area contributed by atoms with E-state index in [-0.39, 0.29) is 83.7 Å². The second-order valence-electron chi connectivity index (χ2n) is 25.7. The van der Waals surface area contributed by atoms with E-state index in [1.807, 2.05) is 6.92 Å². The first-order valence-electron chi connectivity index (χ1n) is 43.3. The molecule has 0 unspecified atom stereocenters. The summed E-state index contributed by atoms with van der Waals surface area (Å²) in [5, 5.41) is 35.2. The fraction of sp³-hybridized carbons (Fsp3) is 0.591. The lowest BCUT2D eigenvalue weighted by Crippen LogP contribution is -2.15. The summed E-state index contributed by atoms with van der Waals surface area (Å²) in [5.74, 6) is -3.28. The molecule has 0 saturated heterocycles. The van der Waals surface area contributed by atoms with Crippen molar-refractivity contribution >= 4 is 61.9 Å². The molecule has 0 fully saturated rings. The predicted molar refractivity (Wildman–Crippen MR) is 501 cm³/mol. The van der Waals surface area contributed by atoms with Crippen LogP contribution in [0.3, 0.4) is 0 Å².